The topological polar surface area (TPSA) is 105 Å². The van der Waals surface area contributed by atoms with Gasteiger partial charge in [0, 0.05) is 6.42 Å². The molecule has 53 heavy (non-hydrogen) atoms. The number of rotatable bonds is 34. The zero-order valence-electron chi connectivity index (χ0n) is 34.0. The second-order valence-electron chi connectivity index (χ2n) is 14.3. The molecule has 3 N–H and O–H groups in total. The third-order valence-electron chi connectivity index (χ3n) is 8.10. The average molecular weight is 760 g/mol. The van der Waals surface area contributed by atoms with E-state index in [4.69, 9.17) is 9.05 Å². The Balaban J connectivity index is 4.21. The van der Waals surface area contributed by atoms with Crippen LogP contribution in [0, 0.1) is 0 Å². The van der Waals surface area contributed by atoms with E-state index in [2.05, 4.69) is 116 Å². The Hall–Kier alpha value is -2.58. The van der Waals surface area contributed by atoms with Gasteiger partial charge in [-0.2, -0.15) is 0 Å². The highest BCUT2D eigenvalue weighted by Crippen LogP contribution is 2.43. The van der Waals surface area contributed by atoms with Gasteiger partial charge in [0.05, 0.1) is 39.9 Å². The van der Waals surface area contributed by atoms with Gasteiger partial charge in [0.15, 0.2) is 0 Å². The van der Waals surface area contributed by atoms with Gasteiger partial charge in [-0.1, -0.05) is 137 Å². The van der Waals surface area contributed by atoms with Crippen LogP contribution in [0.25, 0.3) is 0 Å². The number of quaternary nitrogens is 1. The fraction of sp³-hybridized carbons (Fsp3) is 0.614. The molecule has 0 saturated heterocycles. The first-order valence-electron chi connectivity index (χ1n) is 20.1. The smallest absolute Gasteiger partial charge is 0.391 e. The molecule has 0 aromatic rings. The van der Waals surface area contributed by atoms with Crippen molar-refractivity contribution in [2.75, 3.05) is 40.9 Å². The fourth-order valence-electron chi connectivity index (χ4n) is 4.88. The normalized spacial score (nSPS) is 15.5. The van der Waals surface area contributed by atoms with E-state index in [1.165, 1.54) is 0 Å². The van der Waals surface area contributed by atoms with Crippen molar-refractivity contribution in [3.63, 3.8) is 0 Å². The molecule has 0 aromatic heterocycles. The van der Waals surface area contributed by atoms with Crippen LogP contribution in [-0.2, 0) is 18.4 Å². The lowest BCUT2D eigenvalue weighted by atomic mass is 10.0. The van der Waals surface area contributed by atoms with Gasteiger partial charge in [-0.15, -0.1) is 0 Å². The van der Waals surface area contributed by atoms with E-state index in [-0.39, 0.29) is 19.1 Å². The van der Waals surface area contributed by atoms with Crippen LogP contribution in [0.2, 0.25) is 0 Å². The molecule has 0 radical (unpaired) electrons. The van der Waals surface area contributed by atoms with E-state index < -0.39 is 20.0 Å². The molecule has 302 valence electrons. The maximum atomic E-state index is 12.7. The highest BCUT2D eigenvalue weighted by Gasteiger charge is 2.28. The van der Waals surface area contributed by atoms with Crippen LogP contribution >= 0.6 is 7.82 Å². The minimum absolute atomic E-state index is 0.0585. The predicted octanol–water partition coefficient (Wildman–Crippen LogP) is 10.8. The van der Waals surface area contributed by atoms with Crippen LogP contribution in [0.5, 0.6) is 0 Å². The molecule has 0 fully saturated rings. The molecular weight excluding hydrogens is 683 g/mol. The van der Waals surface area contributed by atoms with E-state index in [9.17, 15) is 19.4 Å². The van der Waals surface area contributed by atoms with Gasteiger partial charge in [-0.3, -0.25) is 13.8 Å². The number of nitrogens with zero attached hydrogens (tertiary/aromatic N) is 1. The summed E-state index contributed by atoms with van der Waals surface area (Å²) in [4.78, 5) is 22.8. The van der Waals surface area contributed by atoms with Gasteiger partial charge < -0.3 is 19.8 Å². The maximum absolute atomic E-state index is 12.7. The second kappa shape index (κ2) is 35.1. The Labute approximate surface area is 324 Å². The number of phosphoric acid groups is 1. The highest BCUT2D eigenvalue weighted by molar-refractivity contribution is 7.47. The summed E-state index contributed by atoms with van der Waals surface area (Å²) in [6, 6.07) is -0.786. The zero-order valence-corrected chi connectivity index (χ0v) is 34.9. The summed E-state index contributed by atoms with van der Waals surface area (Å²) < 4.78 is 23.3. The first-order chi connectivity index (χ1) is 25.5. The molecular formula is C44H76N2O6P+. The summed E-state index contributed by atoms with van der Waals surface area (Å²) in [5.74, 6) is -0.203. The van der Waals surface area contributed by atoms with Gasteiger partial charge in [0.2, 0.25) is 5.91 Å². The molecule has 0 bridgehead atoms. The van der Waals surface area contributed by atoms with Gasteiger partial charge in [-0.25, -0.2) is 4.57 Å². The third kappa shape index (κ3) is 37.5. The van der Waals surface area contributed by atoms with Crippen molar-refractivity contribution in [2.24, 2.45) is 0 Å². The summed E-state index contributed by atoms with van der Waals surface area (Å²) in [6.45, 7) is 4.57. The third-order valence-corrected chi connectivity index (χ3v) is 9.08. The molecule has 8 nitrogen and oxygen atoms in total. The van der Waals surface area contributed by atoms with Gasteiger partial charge >= 0.3 is 7.82 Å². The fourth-order valence-corrected chi connectivity index (χ4v) is 5.62. The number of aliphatic hydroxyl groups is 1. The molecule has 3 atom stereocenters. The molecule has 0 aliphatic heterocycles. The minimum atomic E-state index is -4.31. The molecule has 0 saturated carbocycles. The highest BCUT2D eigenvalue weighted by atomic mass is 31.2. The Morgan fingerprint density at radius 2 is 1.13 bits per heavy atom. The number of hydrogen-bond donors (Lipinski definition) is 3. The number of phosphoric ester groups is 1. The number of carbonyl (C=O) groups excluding carboxylic acids is 1. The second-order valence-corrected chi connectivity index (χ2v) is 15.7. The van der Waals surface area contributed by atoms with Crippen LogP contribution in [0.4, 0.5) is 0 Å². The van der Waals surface area contributed by atoms with E-state index in [0.717, 1.165) is 89.9 Å². The van der Waals surface area contributed by atoms with Crippen molar-refractivity contribution in [3.8, 4) is 0 Å². The van der Waals surface area contributed by atoms with Crippen LogP contribution in [0.15, 0.2) is 97.2 Å². The molecule has 0 aliphatic carbocycles. The van der Waals surface area contributed by atoms with Crippen LogP contribution in [-0.4, -0.2) is 73.4 Å². The van der Waals surface area contributed by atoms with Gasteiger partial charge in [-0.05, 0) is 77.0 Å². The number of nitrogens with one attached hydrogen (secondary N) is 1. The molecule has 0 heterocycles. The predicted molar refractivity (Wildman–Crippen MR) is 226 cm³/mol. The molecule has 1 amide bonds. The van der Waals surface area contributed by atoms with Crippen molar-refractivity contribution < 1.29 is 32.9 Å². The van der Waals surface area contributed by atoms with Gasteiger partial charge in [0.1, 0.15) is 13.2 Å². The Morgan fingerprint density at radius 1 is 0.660 bits per heavy atom. The largest absolute Gasteiger partial charge is 0.472 e. The van der Waals surface area contributed by atoms with Crippen molar-refractivity contribution in [1.29, 1.82) is 0 Å². The average Bonchev–Trinajstić information content (AvgIpc) is 3.10. The van der Waals surface area contributed by atoms with E-state index in [0.29, 0.717) is 30.3 Å². The first kappa shape index (κ1) is 50.4. The quantitative estimate of drug-likeness (QED) is 0.0261. The number of aliphatic hydroxyl groups excluding tert-OH is 1. The maximum Gasteiger partial charge on any atom is 0.472 e. The van der Waals surface area contributed by atoms with Crippen molar-refractivity contribution in [2.45, 2.75) is 135 Å². The number of likely N-dealkylation sites (N-methyl/N-ethyl adjacent to an activating group) is 1. The SMILES string of the molecule is CC/C=C\C/C=C\C/C=C\C/C=C\C/C=C\C/C=C\C/C=C\C/C=C\CCCCC(=O)NC(COP(=O)(O)OCC[N+](C)(C)C)C(O)CCCCCC. The minimum Gasteiger partial charge on any atom is -0.391 e. The van der Waals surface area contributed by atoms with E-state index >= 15 is 0 Å². The van der Waals surface area contributed by atoms with Crippen molar-refractivity contribution in [1.82, 2.24) is 5.32 Å². The summed E-state index contributed by atoms with van der Waals surface area (Å²) in [5, 5.41) is 13.6. The van der Waals surface area contributed by atoms with Crippen LogP contribution in [0.1, 0.15) is 123 Å². The lowest BCUT2D eigenvalue weighted by molar-refractivity contribution is -0.870. The summed E-state index contributed by atoms with van der Waals surface area (Å²) in [5.41, 5.74) is 0. The summed E-state index contributed by atoms with van der Waals surface area (Å²) in [6.07, 6.45) is 49.3. The Kier molecular flexibility index (Phi) is 33.4. The molecule has 3 unspecified atom stereocenters. The lowest BCUT2D eigenvalue weighted by Crippen LogP contribution is -2.46. The Bertz CT molecular complexity index is 1180. The summed E-state index contributed by atoms with van der Waals surface area (Å²) in [7, 11) is 1.56. The van der Waals surface area contributed by atoms with Crippen molar-refractivity contribution in [3.05, 3.63) is 97.2 Å². The number of hydrogen-bond acceptors (Lipinski definition) is 5. The van der Waals surface area contributed by atoms with Crippen LogP contribution < -0.4 is 5.32 Å². The standard InChI is InChI=1S/C44H75N2O6P/c1-6-8-10-12-13-14-15-16-17-18-19-20-21-22-23-24-25-26-27-28-29-30-31-32-33-34-36-38-44(48)45-42(43(47)37-35-11-9-7-2)41-52-53(49,50)51-40-39-46(3,4)5/h8,10,13-14,16-17,19-20,22-23,25-26,28-29,31-32,42-43,47H,6-7,9,11-12,15,18,21,24,27,30,33-41H2,1-5H3,(H-,45,48,49,50)/p+1/b10-8-,14-13-,17-16-,20-19-,23-22-,26-25-,29-28-,32-31-. The number of unbranched alkanes of at least 4 members (excludes halogenated alkanes) is 5. The lowest BCUT2D eigenvalue weighted by Gasteiger charge is -2.26. The Morgan fingerprint density at radius 3 is 1.58 bits per heavy atom. The zero-order chi connectivity index (χ0) is 39.3. The molecule has 0 aromatic carbocycles. The van der Waals surface area contributed by atoms with Gasteiger partial charge in [0.25, 0.3) is 0 Å². The van der Waals surface area contributed by atoms with E-state index in [1.807, 2.05) is 21.1 Å². The molecule has 0 spiro atoms. The first-order valence-corrected chi connectivity index (χ1v) is 21.6. The number of carbonyl (C=O) groups is 1. The van der Waals surface area contributed by atoms with E-state index in [1.54, 1.807) is 0 Å². The number of amides is 1. The van der Waals surface area contributed by atoms with Crippen molar-refractivity contribution >= 4 is 13.7 Å². The molecule has 0 aliphatic rings. The molecule has 0 rings (SSSR count). The monoisotopic (exact) mass is 760 g/mol. The summed E-state index contributed by atoms with van der Waals surface area (Å²) >= 11 is 0. The number of allylic oxidation sites excluding steroid dienone is 16. The van der Waals surface area contributed by atoms with Crippen LogP contribution in [0.3, 0.4) is 0 Å². The molecule has 9 heteroatoms.